The van der Waals surface area contributed by atoms with Gasteiger partial charge in [0.25, 0.3) is 5.91 Å². The lowest BCUT2D eigenvalue weighted by atomic mass is 10.2. The van der Waals surface area contributed by atoms with E-state index in [0.29, 0.717) is 25.3 Å². The average molecular weight is 222 g/mol. The summed E-state index contributed by atoms with van der Waals surface area (Å²) >= 11 is 0. The number of aliphatic hydroxyl groups excluding tert-OH is 1. The van der Waals surface area contributed by atoms with E-state index in [1.165, 1.54) is 0 Å². The van der Waals surface area contributed by atoms with Crippen LogP contribution in [0.1, 0.15) is 10.4 Å². The Labute approximate surface area is 93.7 Å². The molecule has 0 spiro atoms. The molecule has 1 aliphatic heterocycles. The van der Waals surface area contributed by atoms with Crippen molar-refractivity contribution in [2.24, 2.45) is 0 Å². The fourth-order valence-electron chi connectivity index (χ4n) is 1.69. The molecule has 1 aromatic rings. The number of rotatable bonds is 2. The van der Waals surface area contributed by atoms with Crippen LogP contribution >= 0.6 is 0 Å². The number of hydrogen-bond acceptors (Lipinski definition) is 4. The number of pyridine rings is 1. The number of hydrogen-bond donors (Lipinski definition) is 1. The molecule has 1 unspecified atom stereocenters. The monoisotopic (exact) mass is 222 g/mol. The molecule has 0 aliphatic carbocycles. The van der Waals surface area contributed by atoms with E-state index >= 15 is 0 Å². The Hall–Kier alpha value is -1.46. The summed E-state index contributed by atoms with van der Waals surface area (Å²) in [6, 6.07) is 3.47. The minimum atomic E-state index is -0.269. The fourth-order valence-corrected chi connectivity index (χ4v) is 1.69. The molecule has 2 heterocycles. The second-order valence-electron chi connectivity index (χ2n) is 3.67. The van der Waals surface area contributed by atoms with Gasteiger partial charge < -0.3 is 14.7 Å². The first-order valence-corrected chi connectivity index (χ1v) is 5.23. The molecule has 1 N–H and O–H groups in total. The van der Waals surface area contributed by atoms with Crippen LogP contribution in [-0.4, -0.2) is 53.3 Å². The number of aromatic nitrogens is 1. The standard InChI is InChI=1S/C11H14N2O3/c14-8-10-7-13(4-5-16-10)11(15)9-2-1-3-12-6-9/h1-3,6,10,14H,4-5,7-8H2. The van der Waals surface area contributed by atoms with Gasteiger partial charge in [0, 0.05) is 25.5 Å². The van der Waals surface area contributed by atoms with Gasteiger partial charge in [-0.25, -0.2) is 0 Å². The van der Waals surface area contributed by atoms with Gasteiger partial charge in [-0.3, -0.25) is 9.78 Å². The number of amides is 1. The van der Waals surface area contributed by atoms with Crippen LogP contribution in [0.25, 0.3) is 0 Å². The average Bonchev–Trinajstić information content (AvgIpc) is 2.39. The van der Waals surface area contributed by atoms with Gasteiger partial charge in [-0.1, -0.05) is 0 Å². The predicted molar refractivity (Wildman–Crippen MR) is 57.0 cm³/mol. The lowest BCUT2D eigenvalue weighted by molar-refractivity contribution is -0.0447. The van der Waals surface area contributed by atoms with Gasteiger partial charge in [0.15, 0.2) is 0 Å². The molecular weight excluding hydrogens is 208 g/mol. The molecule has 1 aromatic heterocycles. The maximum Gasteiger partial charge on any atom is 0.255 e. The SMILES string of the molecule is O=C(c1cccnc1)N1CCOC(CO)C1. The van der Waals surface area contributed by atoms with Gasteiger partial charge in [0.2, 0.25) is 0 Å². The molecule has 5 heteroatoms. The van der Waals surface area contributed by atoms with Gasteiger partial charge in [0.05, 0.1) is 24.9 Å². The second-order valence-corrected chi connectivity index (χ2v) is 3.67. The van der Waals surface area contributed by atoms with E-state index in [1.54, 1.807) is 29.4 Å². The van der Waals surface area contributed by atoms with Crippen LogP contribution in [-0.2, 0) is 4.74 Å². The van der Waals surface area contributed by atoms with Gasteiger partial charge in [0.1, 0.15) is 0 Å². The summed E-state index contributed by atoms with van der Waals surface area (Å²) in [5, 5.41) is 8.99. The largest absolute Gasteiger partial charge is 0.394 e. The molecule has 1 aliphatic rings. The van der Waals surface area contributed by atoms with Gasteiger partial charge >= 0.3 is 0 Å². The van der Waals surface area contributed by atoms with Crippen LogP contribution in [0, 0.1) is 0 Å². The summed E-state index contributed by atoms with van der Waals surface area (Å²) in [6.07, 6.45) is 2.91. The minimum absolute atomic E-state index is 0.0587. The highest BCUT2D eigenvalue weighted by atomic mass is 16.5. The number of aliphatic hydroxyl groups is 1. The molecule has 0 aromatic carbocycles. The molecule has 1 saturated heterocycles. The van der Waals surface area contributed by atoms with E-state index in [4.69, 9.17) is 9.84 Å². The van der Waals surface area contributed by atoms with Gasteiger partial charge in [-0.05, 0) is 12.1 Å². The highest BCUT2D eigenvalue weighted by Gasteiger charge is 2.24. The second kappa shape index (κ2) is 5.05. The molecule has 86 valence electrons. The smallest absolute Gasteiger partial charge is 0.255 e. The van der Waals surface area contributed by atoms with Crippen LogP contribution < -0.4 is 0 Å². The molecule has 1 fully saturated rings. The topological polar surface area (TPSA) is 62.7 Å². The number of morpholine rings is 1. The third-order valence-electron chi connectivity index (χ3n) is 2.54. The third-order valence-corrected chi connectivity index (χ3v) is 2.54. The number of carbonyl (C=O) groups is 1. The first-order chi connectivity index (χ1) is 7.81. The summed E-state index contributed by atoms with van der Waals surface area (Å²) in [4.78, 5) is 17.6. The summed E-state index contributed by atoms with van der Waals surface area (Å²) < 4.78 is 5.28. The summed E-state index contributed by atoms with van der Waals surface area (Å²) in [6.45, 7) is 1.41. The van der Waals surface area contributed by atoms with Crippen LogP contribution in [0.3, 0.4) is 0 Å². The quantitative estimate of drug-likeness (QED) is 0.760. The van der Waals surface area contributed by atoms with E-state index in [-0.39, 0.29) is 18.6 Å². The maximum absolute atomic E-state index is 12.0. The van der Waals surface area contributed by atoms with Crippen molar-refractivity contribution >= 4 is 5.91 Å². The molecule has 5 nitrogen and oxygen atoms in total. The Morgan fingerprint density at radius 3 is 3.25 bits per heavy atom. The molecule has 0 radical (unpaired) electrons. The van der Waals surface area contributed by atoms with E-state index < -0.39 is 0 Å². The zero-order valence-corrected chi connectivity index (χ0v) is 8.87. The Morgan fingerprint density at radius 2 is 2.56 bits per heavy atom. The Morgan fingerprint density at radius 1 is 1.69 bits per heavy atom. The third kappa shape index (κ3) is 2.37. The molecule has 16 heavy (non-hydrogen) atoms. The number of nitrogens with zero attached hydrogens (tertiary/aromatic N) is 2. The molecule has 1 amide bonds. The van der Waals surface area contributed by atoms with Crippen molar-refractivity contribution in [3.63, 3.8) is 0 Å². The lowest BCUT2D eigenvalue weighted by Crippen LogP contribution is -2.46. The molecular formula is C11H14N2O3. The maximum atomic E-state index is 12.0. The van der Waals surface area contributed by atoms with Crippen molar-refractivity contribution in [3.8, 4) is 0 Å². The molecule has 2 rings (SSSR count). The van der Waals surface area contributed by atoms with Crippen molar-refractivity contribution < 1.29 is 14.6 Å². The molecule has 1 atom stereocenters. The van der Waals surface area contributed by atoms with E-state index in [1.807, 2.05) is 0 Å². The Bertz CT molecular complexity index is 356. The Kier molecular flexibility index (Phi) is 3.48. The fraction of sp³-hybridized carbons (Fsp3) is 0.455. The minimum Gasteiger partial charge on any atom is -0.394 e. The van der Waals surface area contributed by atoms with Gasteiger partial charge in [-0.15, -0.1) is 0 Å². The first-order valence-electron chi connectivity index (χ1n) is 5.23. The van der Waals surface area contributed by atoms with Crippen LogP contribution in [0.2, 0.25) is 0 Å². The zero-order chi connectivity index (χ0) is 11.4. The summed E-state index contributed by atoms with van der Waals surface area (Å²) in [5.41, 5.74) is 0.570. The van der Waals surface area contributed by atoms with Crippen LogP contribution in [0.15, 0.2) is 24.5 Å². The first kappa shape index (κ1) is 11.0. The normalized spacial score (nSPS) is 20.8. The predicted octanol–water partition coefficient (Wildman–Crippen LogP) is -0.0851. The van der Waals surface area contributed by atoms with E-state index in [9.17, 15) is 4.79 Å². The van der Waals surface area contributed by atoms with Crippen molar-refractivity contribution in [2.75, 3.05) is 26.3 Å². The zero-order valence-electron chi connectivity index (χ0n) is 8.87. The number of ether oxygens (including phenoxy) is 1. The van der Waals surface area contributed by atoms with Crippen molar-refractivity contribution in [2.45, 2.75) is 6.10 Å². The summed E-state index contributed by atoms with van der Waals surface area (Å²) in [7, 11) is 0. The highest BCUT2D eigenvalue weighted by Crippen LogP contribution is 2.09. The van der Waals surface area contributed by atoms with Crippen LogP contribution in [0.4, 0.5) is 0 Å². The van der Waals surface area contributed by atoms with Crippen molar-refractivity contribution in [1.29, 1.82) is 0 Å². The number of carbonyl (C=O) groups excluding carboxylic acids is 1. The molecule has 0 bridgehead atoms. The van der Waals surface area contributed by atoms with Crippen molar-refractivity contribution in [3.05, 3.63) is 30.1 Å². The summed E-state index contributed by atoms with van der Waals surface area (Å²) in [5.74, 6) is -0.0603. The lowest BCUT2D eigenvalue weighted by Gasteiger charge is -2.32. The van der Waals surface area contributed by atoms with Crippen LogP contribution in [0.5, 0.6) is 0 Å². The van der Waals surface area contributed by atoms with E-state index in [2.05, 4.69) is 4.98 Å². The molecule has 0 saturated carbocycles. The Balaban J connectivity index is 2.05. The van der Waals surface area contributed by atoms with Gasteiger partial charge in [-0.2, -0.15) is 0 Å². The van der Waals surface area contributed by atoms with Crippen molar-refractivity contribution in [1.82, 2.24) is 9.88 Å². The van der Waals surface area contributed by atoms with E-state index in [0.717, 1.165) is 0 Å². The highest BCUT2D eigenvalue weighted by molar-refractivity contribution is 5.93.